The fraction of sp³-hybridized carbons (Fsp3) is 0.548. The van der Waals surface area contributed by atoms with Crippen molar-refractivity contribution in [2.75, 3.05) is 26.9 Å². The van der Waals surface area contributed by atoms with Crippen LogP contribution in [0.1, 0.15) is 160 Å². The average Bonchev–Trinajstić information content (AvgIpc) is 3.89. The lowest BCUT2D eigenvalue weighted by Crippen LogP contribution is -2.50. The molecule has 6 aliphatic carbocycles. The Balaban J connectivity index is 1.15. The van der Waals surface area contributed by atoms with E-state index in [-0.39, 0.29) is 96.0 Å². The molecule has 3 aromatic rings. The number of phenolic OH excluding ortho intramolecular Hbond substituents is 2. The molecule has 8 bridgehead atoms. The van der Waals surface area contributed by atoms with E-state index < -0.39 is 0 Å². The molecule has 10 rings (SSSR count). The van der Waals surface area contributed by atoms with Crippen LogP contribution in [0.3, 0.4) is 0 Å². The van der Waals surface area contributed by atoms with Crippen LogP contribution in [0, 0.1) is 47.3 Å². The highest BCUT2D eigenvalue weighted by Crippen LogP contribution is 2.59. The first kappa shape index (κ1) is 50.2. The molecule has 1 aliphatic heterocycles. The Hall–Kier alpha value is -5.34. The number of rotatable bonds is 11. The zero-order valence-electron chi connectivity index (χ0n) is 42.6. The lowest BCUT2D eigenvalue weighted by molar-refractivity contribution is -0.114. The number of aromatic hydroxyl groups is 2. The van der Waals surface area contributed by atoms with Crippen molar-refractivity contribution >= 4 is 11.7 Å². The molecule has 0 saturated heterocycles. The van der Waals surface area contributed by atoms with Crippen LogP contribution in [0.15, 0.2) is 89.0 Å². The highest BCUT2D eigenvalue weighted by Gasteiger charge is 2.49. The number of aliphatic hydroxyl groups excluding tert-OH is 2. The molecule has 0 radical (unpaired) electrons. The van der Waals surface area contributed by atoms with E-state index in [0.29, 0.717) is 55.5 Å². The number of nitrogens with zero attached hydrogens (tertiary/aromatic N) is 1. The maximum absolute atomic E-state index is 14.1. The molecule has 10 heteroatoms. The molecule has 382 valence electrons. The lowest BCUT2D eigenvalue weighted by Gasteiger charge is -2.49. The smallest absolute Gasteiger partial charge is 0.189 e. The summed E-state index contributed by atoms with van der Waals surface area (Å²) in [5.41, 5.74) is 15.7. The summed E-state index contributed by atoms with van der Waals surface area (Å²) >= 11 is 0. The van der Waals surface area contributed by atoms with Gasteiger partial charge in [-0.15, -0.1) is 0 Å². The third kappa shape index (κ3) is 10.5. The zero-order valence-corrected chi connectivity index (χ0v) is 42.6. The number of phenols is 2. The van der Waals surface area contributed by atoms with Crippen LogP contribution < -0.4 is 15.8 Å². The molecule has 0 amide bonds. The van der Waals surface area contributed by atoms with Crippen molar-refractivity contribution < 1.29 is 34.7 Å². The van der Waals surface area contributed by atoms with E-state index in [0.717, 1.165) is 105 Å². The molecule has 3 saturated carbocycles. The molecule has 3 aromatic carbocycles. The van der Waals surface area contributed by atoms with Gasteiger partial charge in [-0.25, -0.2) is 4.99 Å². The molecule has 7 aliphatic rings. The van der Waals surface area contributed by atoms with E-state index in [1.54, 1.807) is 13.2 Å². The molecule has 9 unspecified atom stereocenters. The van der Waals surface area contributed by atoms with Gasteiger partial charge in [0.25, 0.3) is 0 Å². The summed E-state index contributed by atoms with van der Waals surface area (Å²) in [6.07, 6.45) is 23.1. The van der Waals surface area contributed by atoms with E-state index >= 15 is 0 Å². The maximum atomic E-state index is 14.1. The molecule has 9 atom stereocenters. The largest absolute Gasteiger partial charge is 0.508 e. The molecule has 3 fully saturated rings. The first-order valence-electron chi connectivity index (χ1n) is 27.4. The van der Waals surface area contributed by atoms with Crippen molar-refractivity contribution in [2.24, 2.45) is 46.2 Å². The number of hydrogen-bond donors (Lipinski definition) is 6. The molecular formula is C62H77N3O7. The first-order chi connectivity index (χ1) is 35.0. The molecule has 72 heavy (non-hydrogen) atoms. The van der Waals surface area contributed by atoms with E-state index in [4.69, 9.17) is 20.2 Å². The second kappa shape index (κ2) is 22.0. The van der Waals surface area contributed by atoms with Gasteiger partial charge in [-0.1, -0.05) is 92.2 Å². The van der Waals surface area contributed by atoms with Gasteiger partial charge in [0.1, 0.15) is 5.75 Å². The normalized spacial score (nSPS) is 29.0. The Kier molecular flexibility index (Phi) is 15.4. The number of aryl methyl sites for hydroxylation is 1. The van der Waals surface area contributed by atoms with E-state index in [2.05, 4.69) is 66.6 Å². The van der Waals surface area contributed by atoms with Crippen LogP contribution in [-0.2, 0) is 27.9 Å². The molecule has 1 spiro atoms. The van der Waals surface area contributed by atoms with E-state index in [1.807, 2.05) is 24.3 Å². The Morgan fingerprint density at radius 3 is 2.61 bits per heavy atom. The summed E-state index contributed by atoms with van der Waals surface area (Å²) in [7, 11) is 1.77. The molecular weight excluding hydrogens is 899 g/mol. The summed E-state index contributed by atoms with van der Waals surface area (Å²) < 4.78 is 13.1. The monoisotopic (exact) mass is 976 g/mol. The van der Waals surface area contributed by atoms with Crippen LogP contribution in [0.2, 0.25) is 0 Å². The van der Waals surface area contributed by atoms with Gasteiger partial charge in [-0.2, -0.15) is 0 Å². The SMILES string of the molecule is COCC1C2C=C3C4CC(C)CC3C1c1c(O)c(OC3CCCC3)cc(CCC(=O)C=C(CO)C3CCC=CC3CO)c1C#CCC(C2)N=C(N)NC1(CCCCC1)c1cccc(c1)Cc1cc(O)cc4c1. The van der Waals surface area contributed by atoms with Gasteiger partial charge in [0.15, 0.2) is 23.2 Å². The number of aliphatic imine (C=N–C) groups is 1. The summed E-state index contributed by atoms with van der Waals surface area (Å²) in [6, 6.07) is 16.8. The molecule has 0 aromatic heterocycles. The number of ether oxygens (including phenoxy) is 2. The number of hydrogen-bond acceptors (Lipinski definition) is 10. The molecule has 7 N–H and O–H groups in total. The fourth-order valence-corrected chi connectivity index (χ4v) is 14.5. The summed E-state index contributed by atoms with van der Waals surface area (Å²) in [4.78, 5) is 19.5. The van der Waals surface area contributed by atoms with Crippen LogP contribution in [0.25, 0.3) is 0 Å². The van der Waals surface area contributed by atoms with Crippen LogP contribution in [-0.4, -0.2) is 71.2 Å². The molecule has 10 nitrogen and oxygen atoms in total. The number of aliphatic hydroxyl groups is 2. The van der Waals surface area contributed by atoms with Crippen molar-refractivity contribution in [3.05, 3.63) is 123 Å². The van der Waals surface area contributed by atoms with Crippen molar-refractivity contribution in [2.45, 2.75) is 152 Å². The van der Waals surface area contributed by atoms with Gasteiger partial charge < -0.3 is 41.0 Å². The van der Waals surface area contributed by atoms with Gasteiger partial charge in [0.2, 0.25) is 0 Å². The van der Waals surface area contributed by atoms with Gasteiger partial charge in [0, 0.05) is 55.4 Å². The molecule has 1 heterocycles. The number of allylic oxidation sites excluding steroid dienone is 4. The zero-order chi connectivity index (χ0) is 49.9. The number of nitrogens with two attached hydrogens (primary N) is 1. The third-order valence-corrected chi connectivity index (χ3v) is 17.8. The number of ketones is 1. The van der Waals surface area contributed by atoms with E-state index in [1.165, 1.54) is 23.1 Å². The lowest BCUT2D eigenvalue weighted by atomic mass is 9.55. The van der Waals surface area contributed by atoms with Gasteiger partial charge in [-0.05, 0) is 171 Å². The number of methoxy groups -OCH3 is 1. The Morgan fingerprint density at radius 1 is 0.986 bits per heavy atom. The minimum absolute atomic E-state index is 0.000657. The number of carbonyl (C=O) groups excluding carboxylic acids is 1. The van der Waals surface area contributed by atoms with Crippen LogP contribution in [0.4, 0.5) is 0 Å². The van der Waals surface area contributed by atoms with Gasteiger partial charge in [0.05, 0.1) is 30.9 Å². The van der Waals surface area contributed by atoms with Crippen LogP contribution >= 0.6 is 0 Å². The Bertz CT molecular complexity index is 2660. The number of carbonyl (C=O) groups is 1. The highest BCUT2D eigenvalue weighted by molar-refractivity contribution is 5.90. The predicted octanol–water partition coefficient (Wildman–Crippen LogP) is 10.3. The quantitative estimate of drug-likeness (QED) is 0.0623. The Morgan fingerprint density at radius 2 is 1.82 bits per heavy atom. The van der Waals surface area contributed by atoms with Crippen molar-refractivity contribution in [1.29, 1.82) is 0 Å². The van der Waals surface area contributed by atoms with Crippen LogP contribution in [0.5, 0.6) is 17.2 Å². The predicted molar refractivity (Wildman–Crippen MR) is 283 cm³/mol. The topological polar surface area (TPSA) is 167 Å². The van der Waals surface area contributed by atoms with Crippen molar-refractivity contribution in [3.63, 3.8) is 0 Å². The fourth-order valence-electron chi connectivity index (χ4n) is 14.5. The second-order valence-corrected chi connectivity index (χ2v) is 22.7. The number of guanidine groups is 1. The average molecular weight is 976 g/mol. The van der Waals surface area contributed by atoms with Gasteiger partial charge in [-0.3, -0.25) is 4.79 Å². The maximum Gasteiger partial charge on any atom is 0.189 e. The number of fused-ring (bicyclic) bond motifs is 11. The highest BCUT2D eigenvalue weighted by atomic mass is 16.5. The standard InChI is InChI=1S/C62H77N3O7/c1-38-24-53-43-27-40(29-49(69)31-43)26-39-12-10-14-46(28-39)62(22-8-3-9-23-62)65-61(63)64-47-15-11-19-52-41(20-21-48(68)32-45(36-67)51-18-7-4-13-42(51)35-66)34-57(72-50-16-5-6-17-50)60(70)59(52)58-55(25-38)54(53)33-44(30-47)56(58)37-71-2/h4,10,12-14,27-29,31-34,38,42,44,47,50-51,53,55-56,58,66-67,69-70H,3,5-9,15-18,20-26,30,35-37H2,1-2H3,(H3,63,64,65). The second-order valence-electron chi connectivity index (χ2n) is 22.7. The third-order valence-electron chi connectivity index (χ3n) is 17.8. The van der Waals surface area contributed by atoms with Crippen molar-refractivity contribution in [3.8, 4) is 29.1 Å². The van der Waals surface area contributed by atoms with Crippen molar-refractivity contribution in [1.82, 2.24) is 5.32 Å². The Labute approximate surface area is 427 Å². The minimum Gasteiger partial charge on any atom is -0.508 e. The minimum atomic E-state index is -0.377. The van der Waals surface area contributed by atoms with E-state index in [9.17, 15) is 25.2 Å². The van der Waals surface area contributed by atoms with Gasteiger partial charge >= 0.3 is 0 Å². The summed E-state index contributed by atoms with van der Waals surface area (Å²) in [5.74, 6) is 8.20. The summed E-state index contributed by atoms with van der Waals surface area (Å²) in [6.45, 7) is 2.49. The number of nitrogens with one attached hydrogen (secondary N) is 1. The summed E-state index contributed by atoms with van der Waals surface area (Å²) in [5, 5.41) is 49.2. The first-order valence-corrected chi connectivity index (χ1v) is 27.4. The number of benzene rings is 3.